The van der Waals surface area contributed by atoms with Gasteiger partial charge in [-0.05, 0) is 31.9 Å². The average molecular weight is 165 g/mol. The van der Waals surface area contributed by atoms with Crippen molar-refractivity contribution in [1.29, 1.82) is 0 Å². The van der Waals surface area contributed by atoms with Crippen LogP contribution in [0.25, 0.3) is 0 Å². The molecule has 0 aromatic carbocycles. The summed E-state index contributed by atoms with van der Waals surface area (Å²) in [6, 6.07) is 2.02. The van der Waals surface area contributed by atoms with Gasteiger partial charge in [0.15, 0.2) is 0 Å². The minimum Gasteiger partial charge on any atom is -0.389 e. The van der Waals surface area contributed by atoms with Crippen molar-refractivity contribution in [3.05, 3.63) is 29.1 Å². The summed E-state index contributed by atoms with van der Waals surface area (Å²) in [5, 5.41) is 9.38. The standard InChI is InChI=1S/C10H15NO/c1-4-9-5-10(8(3)12)7(2)11-6-9/h5-6,8,12H,4H2,1-3H3. The molecule has 1 rings (SSSR count). The highest BCUT2D eigenvalue weighted by Gasteiger charge is 2.05. The fourth-order valence-corrected chi connectivity index (χ4v) is 1.21. The Labute approximate surface area is 73.3 Å². The summed E-state index contributed by atoms with van der Waals surface area (Å²) < 4.78 is 0. The highest BCUT2D eigenvalue weighted by Crippen LogP contribution is 2.16. The Balaban J connectivity index is 3.08. The van der Waals surface area contributed by atoms with Gasteiger partial charge in [-0.2, -0.15) is 0 Å². The van der Waals surface area contributed by atoms with Crippen LogP contribution in [0.3, 0.4) is 0 Å². The van der Waals surface area contributed by atoms with Crippen molar-refractivity contribution < 1.29 is 5.11 Å². The van der Waals surface area contributed by atoms with Crippen molar-refractivity contribution in [2.45, 2.75) is 33.3 Å². The van der Waals surface area contributed by atoms with Gasteiger partial charge in [-0.3, -0.25) is 4.98 Å². The third kappa shape index (κ3) is 1.83. The van der Waals surface area contributed by atoms with Crippen LogP contribution in [0.15, 0.2) is 12.3 Å². The molecule has 0 aliphatic heterocycles. The number of rotatable bonds is 2. The summed E-state index contributed by atoms with van der Waals surface area (Å²) in [6.45, 7) is 5.77. The number of aryl methyl sites for hydroxylation is 2. The van der Waals surface area contributed by atoms with E-state index in [1.807, 2.05) is 19.2 Å². The summed E-state index contributed by atoms with van der Waals surface area (Å²) in [7, 11) is 0. The number of aromatic nitrogens is 1. The molecule has 0 aliphatic carbocycles. The van der Waals surface area contributed by atoms with Gasteiger partial charge in [0.25, 0.3) is 0 Å². The molecule has 0 saturated heterocycles. The van der Waals surface area contributed by atoms with Gasteiger partial charge in [-0.1, -0.05) is 6.92 Å². The minimum absolute atomic E-state index is 0.413. The van der Waals surface area contributed by atoms with Gasteiger partial charge in [0.1, 0.15) is 0 Å². The van der Waals surface area contributed by atoms with Gasteiger partial charge in [-0.15, -0.1) is 0 Å². The lowest BCUT2D eigenvalue weighted by Crippen LogP contribution is -1.99. The van der Waals surface area contributed by atoms with Crippen molar-refractivity contribution in [2.24, 2.45) is 0 Å². The highest BCUT2D eigenvalue weighted by molar-refractivity contribution is 5.26. The molecule has 1 unspecified atom stereocenters. The molecule has 1 atom stereocenters. The quantitative estimate of drug-likeness (QED) is 0.727. The zero-order valence-electron chi connectivity index (χ0n) is 7.83. The van der Waals surface area contributed by atoms with Crippen molar-refractivity contribution in [3.8, 4) is 0 Å². The Morgan fingerprint density at radius 2 is 2.25 bits per heavy atom. The van der Waals surface area contributed by atoms with Crippen LogP contribution < -0.4 is 0 Å². The lowest BCUT2D eigenvalue weighted by atomic mass is 10.1. The molecule has 0 amide bonds. The van der Waals surface area contributed by atoms with Gasteiger partial charge in [0.05, 0.1) is 6.10 Å². The van der Waals surface area contributed by atoms with Crippen LogP contribution in [0.1, 0.15) is 36.8 Å². The van der Waals surface area contributed by atoms with Crippen LogP contribution in [-0.4, -0.2) is 10.1 Å². The first-order valence-corrected chi connectivity index (χ1v) is 4.28. The summed E-state index contributed by atoms with van der Waals surface area (Å²) in [4.78, 5) is 4.21. The monoisotopic (exact) mass is 165 g/mol. The second-order valence-corrected chi connectivity index (χ2v) is 3.05. The third-order valence-electron chi connectivity index (χ3n) is 2.04. The Morgan fingerprint density at radius 1 is 1.58 bits per heavy atom. The zero-order valence-corrected chi connectivity index (χ0v) is 7.83. The molecule has 0 fully saturated rings. The molecule has 0 aliphatic rings. The number of pyridine rings is 1. The van der Waals surface area contributed by atoms with Crippen LogP contribution in [0.4, 0.5) is 0 Å². The second-order valence-electron chi connectivity index (χ2n) is 3.05. The molecule has 1 N–H and O–H groups in total. The second kappa shape index (κ2) is 3.68. The van der Waals surface area contributed by atoms with E-state index in [-0.39, 0.29) is 0 Å². The zero-order chi connectivity index (χ0) is 9.14. The lowest BCUT2D eigenvalue weighted by Gasteiger charge is -2.08. The first kappa shape index (κ1) is 9.20. The molecule has 1 heterocycles. The molecule has 12 heavy (non-hydrogen) atoms. The fourth-order valence-electron chi connectivity index (χ4n) is 1.21. The van der Waals surface area contributed by atoms with E-state index in [0.717, 1.165) is 17.7 Å². The van der Waals surface area contributed by atoms with E-state index in [4.69, 9.17) is 0 Å². The molecule has 2 nitrogen and oxygen atoms in total. The number of aliphatic hydroxyl groups is 1. The van der Waals surface area contributed by atoms with E-state index in [9.17, 15) is 5.11 Å². The molecular formula is C10H15NO. The molecule has 66 valence electrons. The average Bonchev–Trinajstić information content (AvgIpc) is 2.05. The minimum atomic E-state index is -0.413. The summed E-state index contributed by atoms with van der Waals surface area (Å²) in [6.07, 6.45) is 2.41. The van der Waals surface area contributed by atoms with Gasteiger partial charge < -0.3 is 5.11 Å². The Hall–Kier alpha value is -0.890. The first-order valence-electron chi connectivity index (χ1n) is 4.28. The molecule has 1 aromatic rings. The Morgan fingerprint density at radius 3 is 2.75 bits per heavy atom. The van der Waals surface area contributed by atoms with Gasteiger partial charge >= 0.3 is 0 Å². The molecule has 2 heteroatoms. The van der Waals surface area contributed by atoms with E-state index in [1.165, 1.54) is 5.56 Å². The Bertz CT molecular complexity index is 269. The summed E-state index contributed by atoms with van der Waals surface area (Å²) >= 11 is 0. The summed E-state index contributed by atoms with van der Waals surface area (Å²) in [5.41, 5.74) is 3.04. The highest BCUT2D eigenvalue weighted by atomic mass is 16.3. The SMILES string of the molecule is CCc1cnc(C)c(C(C)O)c1. The molecule has 0 saturated carbocycles. The van der Waals surface area contributed by atoms with Crippen molar-refractivity contribution in [3.63, 3.8) is 0 Å². The van der Waals surface area contributed by atoms with E-state index < -0.39 is 6.10 Å². The predicted molar refractivity (Wildman–Crippen MR) is 49.0 cm³/mol. The molecular weight excluding hydrogens is 150 g/mol. The number of nitrogens with zero attached hydrogens (tertiary/aromatic N) is 1. The topological polar surface area (TPSA) is 33.1 Å². The normalized spacial score (nSPS) is 13.0. The molecule has 0 spiro atoms. The van der Waals surface area contributed by atoms with Crippen molar-refractivity contribution >= 4 is 0 Å². The number of hydrogen-bond donors (Lipinski definition) is 1. The largest absolute Gasteiger partial charge is 0.389 e. The van der Waals surface area contributed by atoms with E-state index >= 15 is 0 Å². The van der Waals surface area contributed by atoms with Crippen LogP contribution in [0.5, 0.6) is 0 Å². The van der Waals surface area contributed by atoms with Crippen LogP contribution in [0.2, 0.25) is 0 Å². The van der Waals surface area contributed by atoms with E-state index in [1.54, 1.807) is 6.92 Å². The van der Waals surface area contributed by atoms with Crippen LogP contribution in [0, 0.1) is 6.92 Å². The molecule has 0 bridgehead atoms. The number of aliphatic hydroxyl groups excluding tert-OH is 1. The van der Waals surface area contributed by atoms with Crippen LogP contribution in [-0.2, 0) is 6.42 Å². The maximum Gasteiger partial charge on any atom is 0.0779 e. The Kier molecular flexibility index (Phi) is 2.82. The first-order chi connectivity index (χ1) is 5.65. The van der Waals surface area contributed by atoms with E-state index in [0.29, 0.717) is 0 Å². The number of hydrogen-bond acceptors (Lipinski definition) is 2. The third-order valence-corrected chi connectivity index (χ3v) is 2.04. The van der Waals surface area contributed by atoms with E-state index in [2.05, 4.69) is 11.9 Å². The van der Waals surface area contributed by atoms with Gasteiger partial charge in [0, 0.05) is 17.5 Å². The fraction of sp³-hybridized carbons (Fsp3) is 0.500. The maximum absolute atomic E-state index is 9.38. The van der Waals surface area contributed by atoms with Gasteiger partial charge in [-0.25, -0.2) is 0 Å². The van der Waals surface area contributed by atoms with Gasteiger partial charge in [0.2, 0.25) is 0 Å². The molecule has 0 radical (unpaired) electrons. The smallest absolute Gasteiger partial charge is 0.0779 e. The molecule has 1 aromatic heterocycles. The van der Waals surface area contributed by atoms with Crippen LogP contribution >= 0.6 is 0 Å². The predicted octanol–water partition coefficient (Wildman–Crippen LogP) is 2.01. The lowest BCUT2D eigenvalue weighted by molar-refractivity contribution is 0.198. The summed E-state index contributed by atoms with van der Waals surface area (Å²) in [5.74, 6) is 0. The van der Waals surface area contributed by atoms with Crippen molar-refractivity contribution in [2.75, 3.05) is 0 Å². The van der Waals surface area contributed by atoms with Crippen molar-refractivity contribution in [1.82, 2.24) is 4.98 Å². The maximum atomic E-state index is 9.38.